The maximum atomic E-state index is 14.2. The van der Waals surface area contributed by atoms with E-state index in [9.17, 15) is 36.7 Å². The van der Waals surface area contributed by atoms with Gasteiger partial charge in [0.25, 0.3) is 11.8 Å². The molecule has 0 heterocycles. The number of aliphatic hydroxyl groups is 1. The van der Waals surface area contributed by atoms with Gasteiger partial charge in [-0.15, -0.1) is 4.83 Å². The predicted octanol–water partition coefficient (Wildman–Crippen LogP) is 4.16. The molecule has 0 aliphatic rings. The van der Waals surface area contributed by atoms with Crippen LogP contribution in [0, 0.1) is 11.6 Å². The minimum Gasteiger partial charge on any atom is -0.390 e. The van der Waals surface area contributed by atoms with Gasteiger partial charge >= 0.3 is 0 Å². The number of rotatable bonds is 20. The van der Waals surface area contributed by atoms with Gasteiger partial charge in [0, 0.05) is 48.9 Å². The number of aliphatic hydroxyl groups excluding tert-OH is 1. The number of carbonyl (C=O) groups is 3. The molecule has 2 atom stereocenters. The lowest BCUT2D eigenvalue weighted by Crippen LogP contribution is -2.53. The SMILES string of the molecule is CCCCN(CC(O)C(Cc1cc(F)cc(F)c1)NC(=O)c1cc(C(N)=O)cc(C(=O)N(CCC)CCC)c1)NS(=O)(=O)Cc1ccccc1. The monoisotopic (exact) mass is 715 g/mol. The summed E-state index contributed by atoms with van der Waals surface area (Å²) in [5, 5.41) is 15.5. The van der Waals surface area contributed by atoms with Crippen molar-refractivity contribution in [3.8, 4) is 0 Å². The average molecular weight is 716 g/mol. The maximum Gasteiger partial charge on any atom is 0.253 e. The second-order valence-corrected chi connectivity index (χ2v) is 13.9. The van der Waals surface area contributed by atoms with E-state index in [0.29, 0.717) is 50.4 Å². The largest absolute Gasteiger partial charge is 0.390 e. The summed E-state index contributed by atoms with van der Waals surface area (Å²) in [6.45, 7) is 6.58. The first kappa shape index (κ1) is 40.2. The first-order valence-electron chi connectivity index (χ1n) is 16.7. The number of unbranched alkanes of at least 4 members (excludes halogenated alkanes) is 1. The van der Waals surface area contributed by atoms with Crippen molar-refractivity contribution in [3.63, 3.8) is 0 Å². The van der Waals surface area contributed by atoms with Crippen LogP contribution in [0.5, 0.6) is 0 Å². The van der Waals surface area contributed by atoms with Crippen LogP contribution in [-0.4, -0.2) is 79.5 Å². The highest BCUT2D eigenvalue weighted by Crippen LogP contribution is 2.17. The Kier molecular flexibility index (Phi) is 15.5. The molecule has 0 aromatic heterocycles. The molecule has 0 saturated carbocycles. The molecule has 0 aliphatic heterocycles. The lowest BCUT2D eigenvalue weighted by molar-refractivity contribution is 0.0614. The van der Waals surface area contributed by atoms with Crippen LogP contribution in [0.15, 0.2) is 66.7 Å². The molecular formula is C36H47F2N5O6S. The van der Waals surface area contributed by atoms with Crippen molar-refractivity contribution in [3.05, 3.63) is 106 Å². The van der Waals surface area contributed by atoms with E-state index >= 15 is 0 Å². The second kappa shape index (κ2) is 19.2. The van der Waals surface area contributed by atoms with Gasteiger partial charge in [-0.1, -0.05) is 57.5 Å². The summed E-state index contributed by atoms with van der Waals surface area (Å²) in [7, 11) is -3.91. The van der Waals surface area contributed by atoms with Crippen molar-refractivity contribution in [2.75, 3.05) is 26.2 Å². The zero-order valence-electron chi connectivity index (χ0n) is 28.7. The van der Waals surface area contributed by atoms with Crippen LogP contribution in [0.4, 0.5) is 8.78 Å². The Morgan fingerprint density at radius 1 is 0.820 bits per heavy atom. The van der Waals surface area contributed by atoms with Crippen LogP contribution in [0.1, 0.15) is 88.7 Å². The van der Waals surface area contributed by atoms with Crippen LogP contribution in [0.25, 0.3) is 0 Å². The van der Waals surface area contributed by atoms with Crippen molar-refractivity contribution >= 4 is 27.7 Å². The van der Waals surface area contributed by atoms with Crippen molar-refractivity contribution < 1.29 is 36.7 Å². The Bertz CT molecular complexity index is 1680. The molecule has 50 heavy (non-hydrogen) atoms. The third-order valence-electron chi connectivity index (χ3n) is 7.82. The Morgan fingerprint density at radius 2 is 1.42 bits per heavy atom. The summed E-state index contributed by atoms with van der Waals surface area (Å²) in [5.41, 5.74) is 6.10. The number of hydrogen-bond donors (Lipinski definition) is 4. The van der Waals surface area contributed by atoms with E-state index in [4.69, 9.17) is 5.73 Å². The molecule has 0 bridgehead atoms. The van der Waals surface area contributed by atoms with Gasteiger partial charge in [0.1, 0.15) is 11.6 Å². The highest BCUT2D eigenvalue weighted by atomic mass is 32.2. The number of hydrogen-bond acceptors (Lipinski definition) is 7. The number of halogens is 2. The van der Waals surface area contributed by atoms with E-state index in [0.717, 1.165) is 12.1 Å². The predicted molar refractivity (Wildman–Crippen MR) is 187 cm³/mol. The number of benzene rings is 3. The normalized spacial score (nSPS) is 12.8. The molecular weight excluding hydrogens is 668 g/mol. The average Bonchev–Trinajstić information content (AvgIpc) is 3.05. The Balaban J connectivity index is 1.95. The Labute approximate surface area is 292 Å². The molecule has 3 amide bonds. The summed E-state index contributed by atoms with van der Waals surface area (Å²) in [5.74, 6) is -4.11. The Hall–Kier alpha value is -4.24. The fourth-order valence-electron chi connectivity index (χ4n) is 5.48. The number of primary amides is 1. The molecule has 14 heteroatoms. The third-order valence-corrected chi connectivity index (χ3v) is 9.07. The number of nitrogens with two attached hydrogens (primary N) is 1. The molecule has 3 aromatic rings. The molecule has 0 radical (unpaired) electrons. The number of carbonyl (C=O) groups excluding carboxylic acids is 3. The zero-order chi connectivity index (χ0) is 36.8. The topological polar surface area (TPSA) is 162 Å². The highest BCUT2D eigenvalue weighted by molar-refractivity contribution is 7.88. The summed E-state index contributed by atoms with van der Waals surface area (Å²) >= 11 is 0. The number of hydrazine groups is 1. The molecule has 3 aromatic carbocycles. The number of sulfonamides is 1. The molecule has 5 N–H and O–H groups in total. The van der Waals surface area contributed by atoms with E-state index in [-0.39, 0.29) is 47.5 Å². The van der Waals surface area contributed by atoms with E-state index in [1.807, 2.05) is 20.8 Å². The van der Waals surface area contributed by atoms with Gasteiger partial charge in [-0.2, -0.15) is 0 Å². The van der Waals surface area contributed by atoms with Crippen LogP contribution in [0.2, 0.25) is 0 Å². The molecule has 3 rings (SSSR count). The summed E-state index contributed by atoms with van der Waals surface area (Å²) in [4.78, 5) is 43.6. The lowest BCUT2D eigenvalue weighted by Gasteiger charge is -2.30. The summed E-state index contributed by atoms with van der Waals surface area (Å²) < 4.78 is 54.6. The van der Waals surface area contributed by atoms with Crippen LogP contribution in [-0.2, 0) is 22.2 Å². The second-order valence-electron chi connectivity index (χ2n) is 12.2. The summed E-state index contributed by atoms with van der Waals surface area (Å²) in [6.07, 6.45) is 0.935. The summed E-state index contributed by atoms with van der Waals surface area (Å²) in [6, 6.07) is 14.0. The Morgan fingerprint density at radius 3 is 2.00 bits per heavy atom. The minimum atomic E-state index is -3.91. The third kappa shape index (κ3) is 12.6. The van der Waals surface area contributed by atoms with Gasteiger partial charge in [0.2, 0.25) is 15.9 Å². The molecule has 272 valence electrons. The van der Waals surface area contributed by atoms with Gasteiger partial charge in [-0.3, -0.25) is 14.4 Å². The molecule has 11 nitrogen and oxygen atoms in total. The maximum absolute atomic E-state index is 14.2. The molecule has 0 spiro atoms. The number of nitrogens with zero attached hydrogens (tertiary/aromatic N) is 2. The molecule has 0 saturated heterocycles. The van der Waals surface area contributed by atoms with E-state index < -0.39 is 51.5 Å². The van der Waals surface area contributed by atoms with Gasteiger partial charge in [0.05, 0.1) is 17.9 Å². The molecule has 0 fully saturated rings. The van der Waals surface area contributed by atoms with E-state index in [1.165, 1.54) is 23.2 Å². The fraction of sp³-hybridized carbons (Fsp3) is 0.417. The standard InChI is InChI=1S/C36H47F2N5O6S/c1-4-7-15-43(41-50(48,49)24-25-11-9-8-10-12-25)23-33(44)32(18-26-16-30(37)22-31(38)17-26)40-35(46)28-19-27(34(39)45)20-29(21-28)36(47)42(13-5-2)14-6-3/h8-12,16-17,19-22,32-33,41,44H,4-7,13-15,18,23-24H2,1-3H3,(H2,39,45)(H,40,46). The van der Waals surface area contributed by atoms with E-state index in [2.05, 4.69) is 10.1 Å². The molecule has 0 aliphatic carbocycles. The number of nitrogens with one attached hydrogen (secondary N) is 2. The van der Waals surface area contributed by atoms with Crippen molar-refractivity contribution in [2.45, 2.75) is 70.8 Å². The van der Waals surface area contributed by atoms with Crippen molar-refractivity contribution in [2.24, 2.45) is 5.73 Å². The van der Waals surface area contributed by atoms with Gasteiger partial charge in [-0.25, -0.2) is 22.2 Å². The first-order valence-corrected chi connectivity index (χ1v) is 18.4. The first-order chi connectivity index (χ1) is 23.7. The smallest absolute Gasteiger partial charge is 0.253 e. The van der Waals surface area contributed by atoms with Crippen molar-refractivity contribution in [1.29, 1.82) is 0 Å². The lowest BCUT2D eigenvalue weighted by atomic mass is 9.99. The fourth-order valence-corrected chi connectivity index (χ4v) is 6.73. The van der Waals surface area contributed by atoms with Gasteiger partial charge < -0.3 is 21.1 Å². The van der Waals surface area contributed by atoms with Crippen LogP contribution in [0.3, 0.4) is 0 Å². The zero-order valence-corrected chi connectivity index (χ0v) is 29.5. The minimum absolute atomic E-state index is 0.0659. The van der Waals surface area contributed by atoms with Gasteiger partial charge in [-0.05, 0) is 67.1 Å². The quantitative estimate of drug-likeness (QED) is 0.128. The van der Waals surface area contributed by atoms with Crippen molar-refractivity contribution in [1.82, 2.24) is 20.1 Å². The van der Waals surface area contributed by atoms with Gasteiger partial charge in [0.15, 0.2) is 0 Å². The van der Waals surface area contributed by atoms with Crippen LogP contribution >= 0.6 is 0 Å². The highest BCUT2D eigenvalue weighted by Gasteiger charge is 2.28. The van der Waals surface area contributed by atoms with Crippen LogP contribution < -0.4 is 15.9 Å². The number of amides is 3. The molecule has 2 unspecified atom stereocenters. The van der Waals surface area contributed by atoms with E-state index in [1.54, 1.807) is 35.2 Å².